The third kappa shape index (κ3) is 5.46. The summed E-state index contributed by atoms with van der Waals surface area (Å²) in [5.74, 6) is 0. The molecule has 0 saturated carbocycles. The first kappa shape index (κ1) is 39.1. The third-order valence-electron chi connectivity index (χ3n) is 15.1. The largest absolute Gasteiger partial charge is 0.309 e. The highest BCUT2D eigenvalue weighted by atomic mass is 32.1. The number of fused-ring (bicyclic) bond motifs is 16. The van der Waals surface area contributed by atoms with Gasteiger partial charge in [0, 0.05) is 38.8 Å². The molecule has 0 saturated heterocycles. The average molecular weight is 909 g/mol. The summed E-state index contributed by atoms with van der Waals surface area (Å²) in [6, 6.07) is 89.0. The molecule has 0 unspecified atom stereocenters. The van der Waals surface area contributed by atoms with Crippen LogP contribution >= 0.6 is 11.7 Å². The Kier molecular flexibility index (Phi) is 8.41. The van der Waals surface area contributed by atoms with E-state index in [1.165, 1.54) is 99.9 Å². The zero-order valence-corrected chi connectivity index (χ0v) is 38.6. The maximum absolute atomic E-state index is 5.00. The molecule has 0 radical (unpaired) electrons. The standard InChI is InChI=1S/C65H40N4S/c1-2-15-45(16-3-1)68(46-32-26-41(27-33-46)44-31-36-53-52-20-8-12-24-58(52)65(59(53)40-44)56-22-10-6-18-50(56)51-19-7-11-23-57(51)65)61-39-38-48(62-63(61)67-70-66-62)43-28-34-47(35-29-43)69-60-25-13-9-21-54(60)55-37-30-42-14-4-5-17-49(42)64(55)69/h1-40H. The van der Waals surface area contributed by atoms with Crippen LogP contribution in [-0.4, -0.2) is 13.3 Å². The first-order chi connectivity index (χ1) is 34.7. The van der Waals surface area contributed by atoms with Crippen molar-refractivity contribution in [2.45, 2.75) is 5.41 Å². The van der Waals surface area contributed by atoms with E-state index in [4.69, 9.17) is 8.75 Å². The molecule has 0 atom stereocenters. The third-order valence-corrected chi connectivity index (χ3v) is 15.6. The zero-order chi connectivity index (χ0) is 45.9. The van der Waals surface area contributed by atoms with Gasteiger partial charge in [-0.1, -0.05) is 182 Å². The smallest absolute Gasteiger partial charge is 0.129 e. The monoisotopic (exact) mass is 908 g/mol. The van der Waals surface area contributed by atoms with Gasteiger partial charge in [0.2, 0.25) is 0 Å². The molecule has 11 aromatic carbocycles. The Morgan fingerprint density at radius 2 is 0.929 bits per heavy atom. The Hall–Kier alpha value is -8.90. The molecule has 1 spiro atoms. The topological polar surface area (TPSA) is 34.0 Å². The van der Waals surface area contributed by atoms with Gasteiger partial charge >= 0.3 is 0 Å². The van der Waals surface area contributed by atoms with Crippen molar-refractivity contribution in [2.75, 3.05) is 4.90 Å². The van der Waals surface area contributed by atoms with Gasteiger partial charge in [-0.25, -0.2) is 0 Å². The van der Waals surface area contributed by atoms with E-state index in [9.17, 15) is 0 Å². The number of aromatic nitrogens is 3. The predicted molar refractivity (Wildman–Crippen MR) is 291 cm³/mol. The zero-order valence-electron chi connectivity index (χ0n) is 37.8. The molecule has 13 aromatic rings. The van der Waals surface area contributed by atoms with Gasteiger partial charge in [0.1, 0.15) is 11.0 Å². The highest BCUT2D eigenvalue weighted by Gasteiger charge is 2.51. The Bertz CT molecular complexity index is 4180. The summed E-state index contributed by atoms with van der Waals surface area (Å²) in [6.07, 6.45) is 0. The number of anilines is 3. The number of para-hydroxylation sites is 2. The molecule has 326 valence electrons. The number of benzene rings is 11. The van der Waals surface area contributed by atoms with Crippen LogP contribution in [0.15, 0.2) is 243 Å². The summed E-state index contributed by atoms with van der Waals surface area (Å²) >= 11 is 1.26. The Morgan fingerprint density at radius 1 is 0.371 bits per heavy atom. The first-order valence-electron chi connectivity index (χ1n) is 23.9. The summed E-state index contributed by atoms with van der Waals surface area (Å²) in [4.78, 5) is 2.31. The highest BCUT2D eigenvalue weighted by Crippen LogP contribution is 2.63. The number of rotatable bonds is 6. The number of hydrogen-bond acceptors (Lipinski definition) is 4. The highest BCUT2D eigenvalue weighted by molar-refractivity contribution is 7.00. The number of nitrogens with zero attached hydrogens (tertiary/aromatic N) is 4. The lowest BCUT2D eigenvalue weighted by molar-refractivity contribution is 0.794. The Balaban J connectivity index is 0.813. The molecule has 0 fully saturated rings. The van der Waals surface area contributed by atoms with Crippen molar-refractivity contribution in [3.05, 3.63) is 265 Å². The van der Waals surface area contributed by atoms with Crippen LogP contribution in [0.2, 0.25) is 0 Å². The lowest BCUT2D eigenvalue weighted by Gasteiger charge is -2.30. The fourth-order valence-corrected chi connectivity index (χ4v) is 12.7. The van der Waals surface area contributed by atoms with Crippen molar-refractivity contribution in [3.63, 3.8) is 0 Å². The average Bonchev–Trinajstić information content (AvgIpc) is 4.21. The van der Waals surface area contributed by atoms with Crippen molar-refractivity contribution in [2.24, 2.45) is 0 Å². The lowest BCUT2D eigenvalue weighted by Crippen LogP contribution is -2.25. The van der Waals surface area contributed by atoms with Gasteiger partial charge in [0.15, 0.2) is 0 Å². The van der Waals surface area contributed by atoms with E-state index in [1.54, 1.807) is 0 Å². The summed E-state index contributed by atoms with van der Waals surface area (Å²) in [6.45, 7) is 0. The summed E-state index contributed by atoms with van der Waals surface area (Å²) in [7, 11) is 0. The molecule has 15 rings (SSSR count). The van der Waals surface area contributed by atoms with Crippen molar-refractivity contribution in [1.29, 1.82) is 0 Å². The van der Waals surface area contributed by atoms with Crippen LogP contribution in [0, 0.1) is 0 Å². The minimum Gasteiger partial charge on any atom is -0.309 e. The van der Waals surface area contributed by atoms with Gasteiger partial charge in [-0.2, -0.15) is 8.75 Å². The number of hydrogen-bond donors (Lipinski definition) is 0. The van der Waals surface area contributed by atoms with Crippen LogP contribution in [-0.2, 0) is 5.41 Å². The van der Waals surface area contributed by atoms with Crippen LogP contribution in [0.1, 0.15) is 22.3 Å². The Morgan fingerprint density at radius 3 is 1.66 bits per heavy atom. The molecule has 2 aromatic heterocycles. The van der Waals surface area contributed by atoms with Crippen LogP contribution in [0.25, 0.3) is 93.8 Å². The van der Waals surface area contributed by atoms with Crippen LogP contribution in [0.5, 0.6) is 0 Å². The van der Waals surface area contributed by atoms with Crippen LogP contribution in [0.4, 0.5) is 17.1 Å². The molecule has 2 heterocycles. The lowest BCUT2D eigenvalue weighted by atomic mass is 9.70. The molecule has 70 heavy (non-hydrogen) atoms. The van der Waals surface area contributed by atoms with Gasteiger partial charge in [0.05, 0.1) is 33.9 Å². The van der Waals surface area contributed by atoms with E-state index in [0.29, 0.717) is 0 Å². The second-order valence-electron chi connectivity index (χ2n) is 18.5. The summed E-state index contributed by atoms with van der Waals surface area (Å²) < 4.78 is 12.4. The second-order valence-corrected chi connectivity index (χ2v) is 19.1. The van der Waals surface area contributed by atoms with Crippen molar-refractivity contribution in [3.8, 4) is 50.2 Å². The van der Waals surface area contributed by atoms with Gasteiger partial charge in [-0.05, 0) is 127 Å². The van der Waals surface area contributed by atoms with Crippen LogP contribution in [0.3, 0.4) is 0 Å². The van der Waals surface area contributed by atoms with Crippen molar-refractivity contribution >= 4 is 72.4 Å². The molecule has 2 aliphatic carbocycles. The molecule has 5 heteroatoms. The minimum atomic E-state index is -0.387. The minimum absolute atomic E-state index is 0.387. The van der Waals surface area contributed by atoms with E-state index in [-0.39, 0.29) is 5.41 Å². The van der Waals surface area contributed by atoms with Gasteiger partial charge < -0.3 is 9.47 Å². The normalized spacial score (nSPS) is 13.0. The molecule has 0 bridgehead atoms. The van der Waals surface area contributed by atoms with Gasteiger partial charge in [-0.15, -0.1) is 0 Å². The second kappa shape index (κ2) is 15.1. The fraction of sp³-hybridized carbons (Fsp3) is 0.0154. The van der Waals surface area contributed by atoms with E-state index < -0.39 is 0 Å². The van der Waals surface area contributed by atoms with Gasteiger partial charge in [0.25, 0.3) is 0 Å². The Labute approximate surface area is 409 Å². The molecule has 0 N–H and O–H groups in total. The quantitative estimate of drug-likeness (QED) is 0.167. The van der Waals surface area contributed by atoms with E-state index in [2.05, 4.69) is 252 Å². The molecule has 0 amide bonds. The van der Waals surface area contributed by atoms with E-state index in [1.807, 2.05) is 0 Å². The maximum atomic E-state index is 5.00. The van der Waals surface area contributed by atoms with E-state index >= 15 is 0 Å². The molecule has 2 aliphatic rings. The predicted octanol–water partition coefficient (Wildman–Crippen LogP) is 17.1. The first-order valence-corrected chi connectivity index (χ1v) is 24.6. The molecular weight excluding hydrogens is 869 g/mol. The summed E-state index contributed by atoms with van der Waals surface area (Å²) in [5.41, 5.74) is 23.1. The SMILES string of the molecule is c1ccc(N(c2ccc(-c3ccc4c(c3)C3(c5ccccc5-c5ccccc53)c3ccccc3-4)cc2)c2ccc(-c3ccc(-n4c5ccccc5c5ccc6ccccc6c54)cc3)c3nsnc23)cc1. The molecule has 4 nitrogen and oxygen atoms in total. The maximum Gasteiger partial charge on any atom is 0.129 e. The molecular formula is C65H40N4S. The summed E-state index contributed by atoms with van der Waals surface area (Å²) in [5, 5.41) is 4.98. The van der Waals surface area contributed by atoms with Crippen molar-refractivity contribution < 1.29 is 0 Å². The van der Waals surface area contributed by atoms with Crippen LogP contribution < -0.4 is 4.90 Å². The van der Waals surface area contributed by atoms with Gasteiger partial charge in [-0.3, -0.25) is 0 Å². The van der Waals surface area contributed by atoms with E-state index in [0.717, 1.165) is 44.9 Å². The molecule has 0 aliphatic heterocycles. The van der Waals surface area contributed by atoms with Crippen molar-refractivity contribution in [1.82, 2.24) is 13.3 Å². The fourth-order valence-electron chi connectivity index (χ4n) is 12.1.